The van der Waals surface area contributed by atoms with Crippen LogP contribution in [0.15, 0.2) is 18.2 Å². The zero-order valence-corrected chi connectivity index (χ0v) is 8.71. The van der Waals surface area contributed by atoms with Crippen LogP contribution in [-0.2, 0) is 10.3 Å². The van der Waals surface area contributed by atoms with Crippen molar-refractivity contribution in [1.29, 1.82) is 0 Å². The summed E-state index contributed by atoms with van der Waals surface area (Å²) in [6.45, 7) is 5.16. The maximum Gasteiger partial charge on any atom is 0.115 e. The Kier molecular flexibility index (Phi) is 2.33. The highest BCUT2D eigenvalue weighted by Crippen LogP contribution is 2.32. The number of benzene rings is 1. The summed E-state index contributed by atoms with van der Waals surface area (Å²) < 4.78 is 5.26. The van der Waals surface area contributed by atoms with Gasteiger partial charge in [-0.3, -0.25) is 0 Å². The monoisotopic (exact) mass is 192 g/mol. The fraction of sp³-hybridized carbons (Fsp3) is 0.500. The van der Waals surface area contributed by atoms with E-state index in [4.69, 9.17) is 4.74 Å². The van der Waals surface area contributed by atoms with Crippen molar-refractivity contribution >= 4 is 0 Å². The summed E-state index contributed by atoms with van der Waals surface area (Å²) in [6.07, 6.45) is 0.706. The van der Waals surface area contributed by atoms with Gasteiger partial charge in [0, 0.05) is 13.0 Å². The highest BCUT2D eigenvalue weighted by atomic mass is 16.5. The highest BCUT2D eigenvalue weighted by Gasteiger charge is 2.35. The topological polar surface area (TPSA) is 29.5 Å². The van der Waals surface area contributed by atoms with E-state index in [1.807, 2.05) is 13.8 Å². The van der Waals surface area contributed by atoms with E-state index in [1.165, 1.54) is 5.56 Å². The molecule has 0 amide bonds. The molecule has 1 unspecified atom stereocenters. The molecule has 1 aromatic carbocycles. The van der Waals surface area contributed by atoms with E-state index in [0.29, 0.717) is 19.6 Å². The van der Waals surface area contributed by atoms with Gasteiger partial charge in [0.2, 0.25) is 0 Å². The second-order valence-electron chi connectivity index (χ2n) is 4.15. The van der Waals surface area contributed by atoms with Crippen molar-refractivity contribution in [1.82, 2.24) is 0 Å². The molecule has 0 aromatic heterocycles. The summed E-state index contributed by atoms with van der Waals surface area (Å²) >= 11 is 0. The Morgan fingerprint density at radius 1 is 1.36 bits per heavy atom. The lowest BCUT2D eigenvalue weighted by molar-refractivity contribution is 0.0226. The third-order valence-electron chi connectivity index (χ3n) is 2.90. The lowest BCUT2D eigenvalue weighted by atomic mass is 9.88. The van der Waals surface area contributed by atoms with Crippen LogP contribution in [0.2, 0.25) is 0 Å². The highest BCUT2D eigenvalue weighted by molar-refractivity contribution is 5.35. The van der Waals surface area contributed by atoms with Crippen LogP contribution < -0.4 is 0 Å². The molecule has 1 heterocycles. The second kappa shape index (κ2) is 3.37. The zero-order valence-electron chi connectivity index (χ0n) is 8.71. The smallest absolute Gasteiger partial charge is 0.115 e. The average molecular weight is 192 g/mol. The van der Waals surface area contributed by atoms with Crippen molar-refractivity contribution in [3.63, 3.8) is 0 Å². The first-order valence-corrected chi connectivity index (χ1v) is 5.00. The molecule has 1 aliphatic rings. The lowest BCUT2D eigenvalue weighted by Crippen LogP contribution is -2.26. The van der Waals surface area contributed by atoms with E-state index in [1.54, 1.807) is 0 Å². The number of rotatable bonds is 1. The number of aryl methyl sites for hydroxylation is 2. The Bertz CT molecular complexity index is 338. The number of hydrogen-bond acceptors (Lipinski definition) is 2. The first-order valence-electron chi connectivity index (χ1n) is 5.00. The van der Waals surface area contributed by atoms with E-state index in [-0.39, 0.29) is 0 Å². The van der Waals surface area contributed by atoms with Crippen LogP contribution in [0.25, 0.3) is 0 Å². The molecule has 1 aliphatic heterocycles. The van der Waals surface area contributed by atoms with Gasteiger partial charge in [-0.2, -0.15) is 0 Å². The molecule has 14 heavy (non-hydrogen) atoms. The maximum atomic E-state index is 10.3. The van der Waals surface area contributed by atoms with E-state index in [0.717, 1.165) is 11.1 Å². The predicted molar refractivity (Wildman–Crippen MR) is 55.2 cm³/mol. The summed E-state index contributed by atoms with van der Waals surface area (Å²) in [5.74, 6) is 0. The number of aliphatic hydroxyl groups is 1. The van der Waals surface area contributed by atoms with Gasteiger partial charge in [-0.05, 0) is 25.0 Å². The van der Waals surface area contributed by atoms with Crippen LogP contribution in [0.5, 0.6) is 0 Å². The molecule has 1 saturated heterocycles. The van der Waals surface area contributed by atoms with E-state index in [2.05, 4.69) is 18.2 Å². The lowest BCUT2D eigenvalue weighted by Gasteiger charge is -2.23. The summed E-state index contributed by atoms with van der Waals surface area (Å²) in [7, 11) is 0. The van der Waals surface area contributed by atoms with Crippen molar-refractivity contribution in [2.45, 2.75) is 25.9 Å². The van der Waals surface area contributed by atoms with Gasteiger partial charge in [0.25, 0.3) is 0 Å². The molecule has 2 nitrogen and oxygen atoms in total. The van der Waals surface area contributed by atoms with Crippen LogP contribution in [0.3, 0.4) is 0 Å². The largest absolute Gasteiger partial charge is 0.383 e. The van der Waals surface area contributed by atoms with Crippen LogP contribution in [-0.4, -0.2) is 18.3 Å². The van der Waals surface area contributed by atoms with Gasteiger partial charge in [0.1, 0.15) is 5.60 Å². The summed E-state index contributed by atoms with van der Waals surface area (Å²) in [4.78, 5) is 0. The predicted octanol–water partition coefficient (Wildman–Crippen LogP) is 1.91. The van der Waals surface area contributed by atoms with Crippen molar-refractivity contribution in [2.75, 3.05) is 13.2 Å². The molecule has 1 aromatic rings. The minimum atomic E-state index is -0.754. The molecule has 2 rings (SSSR count). The Labute approximate surface area is 84.5 Å². The minimum absolute atomic E-state index is 0.428. The second-order valence-corrected chi connectivity index (χ2v) is 4.15. The molecule has 0 saturated carbocycles. The Hall–Kier alpha value is -0.860. The molecular formula is C12H16O2. The van der Waals surface area contributed by atoms with Gasteiger partial charge in [-0.25, -0.2) is 0 Å². The molecule has 1 N–H and O–H groups in total. The molecule has 0 bridgehead atoms. The SMILES string of the molecule is Cc1ccc(C)c(C2(O)CCOC2)c1. The summed E-state index contributed by atoms with van der Waals surface area (Å²) in [5.41, 5.74) is 2.60. The third kappa shape index (κ3) is 1.56. The van der Waals surface area contributed by atoms with Crippen LogP contribution in [0.4, 0.5) is 0 Å². The maximum absolute atomic E-state index is 10.3. The Morgan fingerprint density at radius 3 is 2.79 bits per heavy atom. The van der Waals surface area contributed by atoms with Gasteiger partial charge in [0.15, 0.2) is 0 Å². The van der Waals surface area contributed by atoms with Gasteiger partial charge in [0.05, 0.1) is 6.61 Å². The van der Waals surface area contributed by atoms with E-state index >= 15 is 0 Å². The molecule has 1 fully saturated rings. The molecule has 0 aliphatic carbocycles. The number of ether oxygens (including phenoxy) is 1. The quantitative estimate of drug-likeness (QED) is 0.736. The third-order valence-corrected chi connectivity index (χ3v) is 2.90. The van der Waals surface area contributed by atoms with E-state index in [9.17, 15) is 5.11 Å². The molecule has 76 valence electrons. The van der Waals surface area contributed by atoms with Crippen molar-refractivity contribution in [3.8, 4) is 0 Å². The van der Waals surface area contributed by atoms with Crippen molar-refractivity contribution < 1.29 is 9.84 Å². The first-order chi connectivity index (χ1) is 6.62. The zero-order chi connectivity index (χ0) is 10.2. The van der Waals surface area contributed by atoms with Crippen molar-refractivity contribution in [3.05, 3.63) is 34.9 Å². The number of hydrogen-bond donors (Lipinski definition) is 1. The Morgan fingerprint density at radius 2 is 2.14 bits per heavy atom. The van der Waals surface area contributed by atoms with E-state index < -0.39 is 5.60 Å². The first kappa shape index (κ1) is 9.69. The van der Waals surface area contributed by atoms with Crippen molar-refractivity contribution in [2.24, 2.45) is 0 Å². The van der Waals surface area contributed by atoms with Crippen LogP contribution in [0.1, 0.15) is 23.1 Å². The van der Waals surface area contributed by atoms with Gasteiger partial charge >= 0.3 is 0 Å². The minimum Gasteiger partial charge on any atom is -0.383 e. The molecule has 0 spiro atoms. The molecule has 0 radical (unpaired) electrons. The fourth-order valence-corrected chi connectivity index (χ4v) is 2.00. The summed E-state index contributed by atoms with van der Waals surface area (Å²) in [6, 6.07) is 6.18. The summed E-state index contributed by atoms with van der Waals surface area (Å²) in [5, 5.41) is 10.3. The van der Waals surface area contributed by atoms with Gasteiger partial charge in [-0.15, -0.1) is 0 Å². The molecule has 2 heteroatoms. The molecular weight excluding hydrogens is 176 g/mol. The molecule has 1 atom stereocenters. The van der Waals surface area contributed by atoms with Crippen LogP contribution in [0, 0.1) is 13.8 Å². The van der Waals surface area contributed by atoms with Gasteiger partial charge in [-0.1, -0.05) is 23.8 Å². The normalized spacial score (nSPS) is 26.8. The van der Waals surface area contributed by atoms with Gasteiger partial charge < -0.3 is 9.84 Å². The average Bonchev–Trinajstić information content (AvgIpc) is 2.58. The Balaban J connectivity index is 2.44. The van der Waals surface area contributed by atoms with Crippen LogP contribution >= 0.6 is 0 Å². The fourth-order valence-electron chi connectivity index (χ4n) is 2.00. The standard InChI is InChI=1S/C12H16O2/c1-9-3-4-10(2)11(7-9)12(13)5-6-14-8-12/h3-4,7,13H,5-6,8H2,1-2H3.